The van der Waals surface area contributed by atoms with E-state index in [0.29, 0.717) is 25.2 Å². The minimum atomic E-state index is -4.45. The van der Waals surface area contributed by atoms with E-state index in [2.05, 4.69) is 20.0 Å². The Morgan fingerprint density at radius 1 is 1.24 bits per heavy atom. The van der Waals surface area contributed by atoms with E-state index >= 15 is 0 Å². The zero-order chi connectivity index (χ0) is 23.8. The summed E-state index contributed by atoms with van der Waals surface area (Å²) in [7, 11) is 1.23. The molecule has 0 spiro atoms. The lowest BCUT2D eigenvalue weighted by atomic mass is 10.1. The van der Waals surface area contributed by atoms with Crippen LogP contribution >= 0.6 is 0 Å². The van der Waals surface area contributed by atoms with Gasteiger partial charge in [-0.15, -0.1) is 0 Å². The molecule has 2 amide bonds. The SMILES string of the molecule is COC(=O)c1ccnc(NC(=O)N2c3nc(C(=O)CCC(F)(F)F)ccc3N3CC[C@H]2C3)c1. The number of rotatable bonds is 5. The minimum Gasteiger partial charge on any atom is -0.465 e. The Balaban J connectivity index is 1.60. The quantitative estimate of drug-likeness (QED) is 0.535. The third kappa shape index (κ3) is 4.73. The van der Waals surface area contributed by atoms with Gasteiger partial charge in [-0.3, -0.25) is 15.0 Å². The Bertz CT molecular complexity index is 1110. The van der Waals surface area contributed by atoms with Gasteiger partial charge in [0.15, 0.2) is 11.6 Å². The molecule has 0 unspecified atom stereocenters. The van der Waals surface area contributed by atoms with E-state index in [4.69, 9.17) is 0 Å². The van der Waals surface area contributed by atoms with Gasteiger partial charge in [0.1, 0.15) is 11.5 Å². The number of hydrogen-bond donors (Lipinski definition) is 1. The zero-order valence-corrected chi connectivity index (χ0v) is 17.6. The van der Waals surface area contributed by atoms with Crippen molar-refractivity contribution in [1.82, 2.24) is 9.97 Å². The van der Waals surface area contributed by atoms with Crippen molar-refractivity contribution in [3.8, 4) is 0 Å². The molecule has 2 bridgehead atoms. The van der Waals surface area contributed by atoms with Crippen molar-refractivity contribution in [3.05, 3.63) is 41.7 Å². The summed E-state index contributed by atoms with van der Waals surface area (Å²) < 4.78 is 42.2. The number of carbonyl (C=O) groups is 3. The van der Waals surface area contributed by atoms with Crippen LogP contribution in [-0.4, -0.2) is 60.2 Å². The first-order valence-electron chi connectivity index (χ1n) is 10.2. The lowest BCUT2D eigenvalue weighted by molar-refractivity contribution is -0.133. The number of methoxy groups -OCH3 is 1. The minimum absolute atomic E-state index is 0.113. The average Bonchev–Trinajstić information content (AvgIpc) is 3.20. The standard InChI is InChI=1S/C21H20F3N5O4/c1-33-19(31)12-5-8-25-17(10-12)27-20(32)29-13-6-9-28(11-13)15-3-2-14(26-18(15)29)16(30)4-7-21(22,23)24/h2-3,5,8,10,13H,4,6-7,9,11H2,1H3,(H,25,27,32)/t13-/m0/s1. The predicted octanol–water partition coefficient (Wildman–Crippen LogP) is 3.42. The second-order valence-corrected chi connectivity index (χ2v) is 7.69. The molecule has 4 heterocycles. The number of halogens is 3. The van der Waals surface area contributed by atoms with Gasteiger partial charge in [-0.2, -0.15) is 13.2 Å². The number of nitrogens with one attached hydrogen (secondary N) is 1. The van der Waals surface area contributed by atoms with Crippen molar-refractivity contribution in [3.63, 3.8) is 0 Å². The molecule has 33 heavy (non-hydrogen) atoms. The molecule has 12 heteroatoms. The smallest absolute Gasteiger partial charge is 0.389 e. The Morgan fingerprint density at radius 2 is 2.03 bits per heavy atom. The number of ether oxygens (including phenoxy) is 1. The van der Waals surface area contributed by atoms with Crippen molar-refractivity contribution >= 4 is 35.1 Å². The van der Waals surface area contributed by atoms with Crippen molar-refractivity contribution in [2.45, 2.75) is 31.5 Å². The molecule has 0 aliphatic carbocycles. The summed E-state index contributed by atoms with van der Waals surface area (Å²) >= 11 is 0. The van der Waals surface area contributed by atoms with E-state index in [-0.39, 0.29) is 28.9 Å². The molecule has 1 N–H and O–H groups in total. The molecule has 0 saturated carbocycles. The highest BCUT2D eigenvalue weighted by Crippen LogP contribution is 2.39. The monoisotopic (exact) mass is 463 g/mol. The molecule has 9 nitrogen and oxygen atoms in total. The summed E-state index contributed by atoms with van der Waals surface area (Å²) in [5.74, 6) is -1.03. The van der Waals surface area contributed by atoms with E-state index in [1.54, 1.807) is 6.07 Å². The number of alkyl halides is 3. The first-order valence-corrected chi connectivity index (χ1v) is 10.2. The average molecular weight is 463 g/mol. The number of pyridine rings is 2. The predicted molar refractivity (Wildman–Crippen MR) is 112 cm³/mol. The summed E-state index contributed by atoms with van der Waals surface area (Å²) in [4.78, 5) is 48.9. The second kappa shape index (κ2) is 8.68. The van der Waals surface area contributed by atoms with Gasteiger partial charge in [0.25, 0.3) is 0 Å². The van der Waals surface area contributed by atoms with Crippen molar-refractivity contribution in [2.75, 3.05) is 35.3 Å². The van der Waals surface area contributed by atoms with Crippen LogP contribution < -0.4 is 15.1 Å². The van der Waals surface area contributed by atoms with Gasteiger partial charge >= 0.3 is 18.2 Å². The lowest BCUT2D eigenvalue weighted by Gasteiger charge is -2.35. The zero-order valence-electron chi connectivity index (χ0n) is 17.6. The molecule has 2 aromatic heterocycles. The Morgan fingerprint density at radius 3 is 2.76 bits per heavy atom. The van der Waals surface area contributed by atoms with E-state index in [0.717, 1.165) is 0 Å². The Kier molecular flexibility index (Phi) is 5.91. The van der Waals surface area contributed by atoms with E-state index in [1.165, 1.54) is 36.4 Å². The van der Waals surface area contributed by atoms with Gasteiger partial charge in [0.05, 0.1) is 30.8 Å². The third-order valence-electron chi connectivity index (χ3n) is 5.51. The maximum absolute atomic E-state index is 13.2. The van der Waals surface area contributed by atoms with Crippen LogP contribution in [-0.2, 0) is 4.74 Å². The van der Waals surface area contributed by atoms with Crippen LogP contribution in [0.25, 0.3) is 0 Å². The lowest BCUT2D eigenvalue weighted by Crippen LogP contribution is -2.48. The van der Waals surface area contributed by atoms with Crippen LogP contribution in [0.5, 0.6) is 0 Å². The highest BCUT2D eigenvalue weighted by molar-refractivity contribution is 6.05. The van der Waals surface area contributed by atoms with Crippen LogP contribution in [0.2, 0.25) is 0 Å². The summed E-state index contributed by atoms with van der Waals surface area (Å²) in [6.45, 7) is 1.22. The van der Waals surface area contributed by atoms with Crippen molar-refractivity contribution in [1.29, 1.82) is 0 Å². The number of hydrogen-bond acceptors (Lipinski definition) is 7. The fourth-order valence-electron chi connectivity index (χ4n) is 3.92. The van der Waals surface area contributed by atoms with Crippen LogP contribution in [0.4, 0.5) is 35.3 Å². The largest absolute Gasteiger partial charge is 0.465 e. The number of amides is 2. The van der Waals surface area contributed by atoms with Gasteiger partial charge in [0, 0.05) is 25.7 Å². The van der Waals surface area contributed by atoms with Crippen molar-refractivity contribution in [2.24, 2.45) is 0 Å². The number of urea groups is 1. The van der Waals surface area contributed by atoms with E-state index < -0.39 is 36.8 Å². The second-order valence-electron chi connectivity index (χ2n) is 7.69. The van der Waals surface area contributed by atoms with Crippen LogP contribution in [0, 0.1) is 0 Å². The van der Waals surface area contributed by atoms with Crippen molar-refractivity contribution < 1.29 is 32.3 Å². The molecule has 174 valence electrons. The van der Waals surface area contributed by atoms with Gasteiger partial charge in [0.2, 0.25) is 0 Å². The summed E-state index contributed by atoms with van der Waals surface area (Å²) in [5.41, 5.74) is 0.677. The first-order chi connectivity index (χ1) is 15.7. The Hall–Kier alpha value is -3.70. The number of carbonyl (C=O) groups excluding carboxylic acids is 3. The molecule has 1 fully saturated rings. The molecular weight excluding hydrogens is 443 g/mol. The topological polar surface area (TPSA) is 105 Å². The Labute approximate surface area is 186 Å². The van der Waals surface area contributed by atoms with Gasteiger partial charge < -0.3 is 9.64 Å². The molecule has 2 aliphatic rings. The molecule has 0 radical (unpaired) electrons. The number of Topliss-reactive ketones (excluding diaryl/α,β-unsaturated/α-hetero) is 1. The molecule has 1 atom stereocenters. The summed E-state index contributed by atoms with van der Waals surface area (Å²) in [6.07, 6.45) is -4.42. The van der Waals surface area contributed by atoms with Gasteiger partial charge in [-0.1, -0.05) is 0 Å². The molecule has 2 aliphatic heterocycles. The maximum Gasteiger partial charge on any atom is 0.389 e. The molecule has 4 rings (SSSR count). The number of ketones is 1. The number of anilines is 3. The highest BCUT2D eigenvalue weighted by Gasteiger charge is 2.40. The van der Waals surface area contributed by atoms with E-state index in [9.17, 15) is 27.6 Å². The molecule has 1 saturated heterocycles. The van der Waals surface area contributed by atoms with Gasteiger partial charge in [-0.25, -0.2) is 19.6 Å². The van der Waals surface area contributed by atoms with Crippen LogP contribution in [0.3, 0.4) is 0 Å². The molecular formula is C21H20F3N5O4. The fraction of sp³-hybridized carbons (Fsp3) is 0.381. The number of aromatic nitrogens is 2. The maximum atomic E-state index is 13.2. The molecule has 2 aromatic rings. The third-order valence-corrected chi connectivity index (χ3v) is 5.51. The van der Waals surface area contributed by atoms with E-state index in [1.807, 2.05) is 4.90 Å². The first kappa shape index (κ1) is 22.5. The summed E-state index contributed by atoms with van der Waals surface area (Å²) in [5, 5.41) is 2.62. The van der Waals surface area contributed by atoms with Gasteiger partial charge in [-0.05, 0) is 30.7 Å². The summed E-state index contributed by atoms with van der Waals surface area (Å²) in [6, 6.07) is 4.96. The molecule has 0 aromatic carbocycles. The number of esters is 1. The van der Waals surface area contributed by atoms with Crippen LogP contribution in [0.1, 0.15) is 40.1 Å². The number of nitrogens with zero attached hydrogens (tertiary/aromatic N) is 4. The number of fused-ring (bicyclic) bond motifs is 4. The highest BCUT2D eigenvalue weighted by atomic mass is 19.4. The normalized spacial score (nSPS) is 16.9. The van der Waals surface area contributed by atoms with Crippen LogP contribution in [0.15, 0.2) is 30.5 Å². The fourth-order valence-corrected chi connectivity index (χ4v) is 3.92.